The number of carbonyl (C=O) groups excluding carboxylic acids is 1. The van der Waals surface area contributed by atoms with Gasteiger partial charge < -0.3 is 20.1 Å². The van der Waals surface area contributed by atoms with Crippen molar-refractivity contribution in [1.82, 2.24) is 5.32 Å². The fraction of sp³-hybridized carbons (Fsp3) is 0.350. The van der Waals surface area contributed by atoms with Crippen molar-refractivity contribution in [3.8, 4) is 11.5 Å². The minimum absolute atomic E-state index is 0. The number of hydrogen-bond acceptors (Lipinski definition) is 4. The van der Waals surface area contributed by atoms with Gasteiger partial charge in [-0.15, -0.1) is 12.4 Å². The zero-order valence-electron chi connectivity index (χ0n) is 15.1. The van der Waals surface area contributed by atoms with Gasteiger partial charge in [0.05, 0.1) is 13.2 Å². The van der Waals surface area contributed by atoms with Crippen LogP contribution >= 0.6 is 12.4 Å². The molecule has 1 heterocycles. The Morgan fingerprint density at radius 3 is 2.46 bits per heavy atom. The van der Waals surface area contributed by atoms with E-state index in [9.17, 15) is 4.79 Å². The molecule has 1 fully saturated rings. The molecular weight excluding hydrogens is 352 g/mol. The van der Waals surface area contributed by atoms with Crippen molar-refractivity contribution in [2.24, 2.45) is 0 Å². The molecule has 1 saturated heterocycles. The quantitative estimate of drug-likeness (QED) is 0.832. The second-order valence-corrected chi connectivity index (χ2v) is 6.43. The third kappa shape index (κ3) is 6.02. The number of ether oxygens (including phenoxy) is 2. The summed E-state index contributed by atoms with van der Waals surface area (Å²) < 4.78 is 11.2. The molecule has 140 valence electrons. The van der Waals surface area contributed by atoms with Crippen LogP contribution in [-0.2, 0) is 9.53 Å². The van der Waals surface area contributed by atoms with Crippen molar-refractivity contribution < 1.29 is 14.3 Å². The molecule has 0 radical (unpaired) electrons. The lowest BCUT2D eigenvalue weighted by Crippen LogP contribution is -2.43. The summed E-state index contributed by atoms with van der Waals surface area (Å²) >= 11 is 0. The molecule has 5 nitrogen and oxygen atoms in total. The van der Waals surface area contributed by atoms with E-state index < -0.39 is 0 Å². The van der Waals surface area contributed by atoms with Crippen LogP contribution in [0.4, 0.5) is 5.69 Å². The van der Waals surface area contributed by atoms with E-state index >= 15 is 0 Å². The van der Waals surface area contributed by atoms with Gasteiger partial charge in [-0.2, -0.15) is 0 Å². The minimum atomic E-state index is -0.0222. The highest BCUT2D eigenvalue weighted by molar-refractivity contribution is 5.91. The second-order valence-electron chi connectivity index (χ2n) is 6.43. The Hall–Kier alpha value is -2.08. The highest BCUT2D eigenvalue weighted by atomic mass is 35.5. The van der Waals surface area contributed by atoms with E-state index in [4.69, 9.17) is 9.47 Å². The van der Waals surface area contributed by atoms with Crippen molar-refractivity contribution in [2.45, 2.75) is 26.3 Å². The van der Waals surface area contributed by atoms with Gasteiger partial charge in [-0.3, -0.25) is 4.79 Å². The fourth-order valence-electron chi connectivity index (χ4n) is 2.92. The van der Waals surface area contributed by atoms with Crippen LogP contribution < -0.4 is 15.4 Å². The van der Waals surface area contributed by atoms with Crippen LogP contribution in [0.25, 0.3) is 0 Å². The summed E-state index contributed by atoms with van der Waals surface area (Å²) in [6, 6.07) is 13.6. The molecule has 0 aromatic heterocycles. The normalized spacial score (nSPS) is 16.5. The third-order valence-electron chi connectivity index (χ3n) is 4.00. The van der Waals surface area contributed by atoms with Crippen LogP contribution in [0, 0.1) is 13.8 Å². The van der Waals surface area contributed by atoms with Gasteiger partial charge in [-0.05, 0) is 61.4 Å². The summed E-state index contributed by atoms with van der Waals surface area (Å²) in [5, 5.41) is 6.18. The lowest BCUT2D eigenvalue weighted by Gasteiger charge is -2.23. The molecule has 1 atom stereocenters. The van der Waals surface area contributed by atoms with Gasteiger partial charge in [0.1, 0.15) is 11.5 Å². The molecule has 6 heteroatoms. The molecule has 1 amide bonds. The Kier molecular flexibility index (Phi) is 7.45. The van der Waals surface area contributed by atoms with Crippen molar-refractivity contribution in [3.05, 3.63) is 53.6 Å². The number of hydrogen-bond donors (Lipinski definition) is 2. The molecule has 2 N–H and O–H groups in total. The summed E-state index contributed by atoms with van der Waals surface area (Å²) in [6.45, 7) is 6.17. The third-order valence-corrected chi connectivity index (χ3v) is 4.00. The van der Waals surface area contributed by atoms with Crippen molar-refractivity contribution in [1.29, 1.82) is 0 Å². The lowest BCUT2D eigenvalue weighted by atomic mass is 10.1. The van der Waals surface area contributed by atoms with Crippen molar-refractivity contribution >= 4 is 24.0 Å². The lowest BCUT2D eigenvalue weighted by molar-refractivity contribution is -0.117. The van der Waals surface area contributed by atoms with Crippen molar-refractivity contribution in [3.63, 3.8) is 0 Å². The smallest absolute Gasteiger partial charge is 0.226 e. The first-order valence-corrected chi connectivity index (χ1v) is 8.56. The Morgan fingerprint density at radius 2 is 1.85 bits per heavy atom. The van der Waals surface area contributed by atoms with Gasteiger partial charge >= 0.3 is 0 Å². The summed E-state index contributed by atoms with van der Waals surface area (Å²) in [5.74, 6) is 1.54. The molecule has 1 unspecified atom stereocenters. The van der Waals surface area contributed by atoms with Gasteiger partial charge in [0.2, 0.25) is 5.91 Å². The first kappa shape index (κ1) is 20.2. The average Bonchev–Trinajstić information content (AvgIpc) is 2.56. The number of rotatable bonds is 5. The first-order chi connectivity index (χ1) is 12.1. The van der Waals surface area contributed by atoms with E-state index in [1.54, 1.807) is 0 Å². The van der Waals surface area contributed by atoms with Crippen LogP contribution in [0.2, 0.25) is 0 Å². The molecule has 0 saturated carbocycles. The van der Waals surface area contributed by atoms with Gasteiger partial charge in [0.25, 0.3) is 0 Å². The number of carbonyl (C=O) groups is 1. The fourth-order valence-corrected chi connectivity index (χ4v) is 2.92. The highest BCUT2D eigenvalue weighted by Gasteiger charge is 2.16. The zero-order chi connectivity index (χ0) is 17.6. The van der Waals surface area contributed by atoms with Crippen LogP contribution in [0.3, 0.4) is 0 Å². The molecule has 3 rings (SSSR count). The number of amides is 1. The SMILES string of the molecule is Cc1cc(C)cc(Oc2ccc(NC(=O)CC3COCCN3)cc2)c1.Cl. The van der Waals surface area contributed by atoms with Crippen LogP contribution in [0.1, 0.15) is 17.5 Å². The van der Waals surface area contributed by atoms with E-state index in [1.807, 2.05) is 50.2 Å². The van der Waals surface area contributed by atoms with Crippen molar-refractivity contribution in [2.75, 3.05) is 25.1 Å². The molecule has 26 heavy (non-hydrogen) atoms. The predicted molar refractivity (Wildman–Crippen MR) is 106 cm³/mol. The number of benzene rings is 2. The van der Waals surface area contributed by atoms with Crippen LogP contribution in [-0.4, -0.2) is 31.7 Å². The number of morpholine rings is 1. The second kappa shape index (κ2) is 9.57. The molecular formula is C20H25ClN2O3. The molecule has 1 aliphatic rings. The number of aryl methyl sites for hydroxylation is 2. The number of nitrogens with one attached hydrogen (secondary N) is 2. The summed E-state index contributed by atoms with van der Waals surface area (Å²) in [7, 11) is 0. The topological polar surface area (TPSA) is 59.6 Å². The Labute approximate surface area is 160 Å². The van der Waals surface area contributed by atoms with Crippen LogP contribution in [0.15, 0.2) is 42.5 Å². The Bertz CT molecular complexity index is 708. The van der Waals surface area contributed by atoms with Gasteiger partial charge in [-0.1, -0.05) is 6.07 Å². The monoisotopic (exact) mass is 376 g/mol. The summed E-state index contributed by atoms with van der Waals surface area (Å²) in [4.78, 5) is 12.1. The molecule has 2 aromatic rings. The first-order valence-electron chi connectivity index (χ1n) is 8.56. The maximum atomic E-state index is 12.1. The molecule has 2 aromatic carbocycles. The highest BCUT2D eigenvalue weighted by Crippen LogP contribution is 2.25. The van der Waals surface area contributed by atoms with E-state index in [1.165, 1.54) is 11.1 Å². The molecule has 0 aliphatic carbocycles. The Balaban J connectivity index is 0.00000243. The van der Waals surface area contributed by atoms with Gasteiger partial charge in [0.15, 0.2) is 0 Å². The molecule has 0 bridgehead atoms. The van der Waals surface area contributed by atoms with Gasteiger partial charge in [-0.25, -0.2) is 0 Å². The summed E-state index contributed by atoms with van der Waals surface area (Å²) in [6.07, 6.45) is 0.404. The van der Waals surface area contributed by atoms with E-state index in [0.717, 1.165) is 23.7 Å². The maximum absolute atomic E-state index is 12.1. The minimum Gasteiger partial charge on any atom is -0.457 e. The molecule has 0 spiro atoms. The Morgan fingerprint density at radius 1 is 1.15 bits per heavy atom. The average molecular weight is 377 g/mol. The molecule has 1 aliphatic heterocycles. The van der Waals surface area contributed by atoms with E-state index in [0.29, 0.717) is 19.6 Å². The van der Waals surface area contributed by atoms with E-state index in [2.05, 4.69) is 16.7 Å². The number of halogens is 1. The largest absolute Gasteiger partial charge is 0.457 e. The zero-order valence-corrected chi connectivity index (χ0v) is 15.9. The maximum Gasteiger partial charge on any atom is 0.226 e. The summed E-state index contributed by atoms with van der Waals surface area (Å²) in [5.41, 5.74) is 3.09. The van der Waals surface area contributed by atoms with Gasteiger partial charge in [0, 0.05) is 24.7 Å². The standard InChI is InChI=1S/C20H24N2O3.ClH/c1-14-9-15(2)11-19(10-14)25-18-5-3-16(4-6-18)22-20(23)12-17-13-24-8-7-21-17;/h3-6,9-11,17,21H,7-8,12-13H2,1-2H3,(H,22,23);1H. The van der Waals surface area contributed by atoms with E-state index in [-0.39, 0.29) is 24.4 Å². The van der Waals surface area contributed by atoms with Crippen LogP contribution in [0.5, 0.6) is 11.5 Å². The number of anilines is 1. The predicted octanol–water partition coefficient (Wildman–Crippen LogP) is 3.83.